The predicted octanol–water partition coefficient (Wildman–Crippen LogP) is 10.6. The zero-order valence-corrected chi connectivity index (χ0v) is 33.4. The fraction of sp³-hybridized carbons (Fsp3) is 0.650. The minimum atomic E-state index is -0.197. The smallest absolute Gasteiger partial charge is 0.306 e. The van der Waals surface area contributed by atoms with Crippen molar-refractivity contribution in [2.45, 2.75) is 153 Å². The predicted molar refractivity (Wildman–Crippen MR) is 202 cm³/mol. The number of rotatable bonds is 15. The number of phenols is 2. The lowest BCUT2D eigenvalue weighted by Crippen LogP contribution is -2.17. The zero-order chi connectivity index (χ0) is 36.5. The number of unbranched alkanes of at least 4 members (excludes halogenated alkanes) is 3. The second-order valence-corrected chi connectivity index (χ2v) is 19.1. The first-order valence-corrected chi connectivity index (χ1v) is 19.3. The lowest BCUT2D eigenvalue weighted by atomic mass is 9.79. The summed E-state index contributed by atoms with van der Waals surface area (Å²) in [5.74, 6) is 1.56. The Morgan fingerprint density at radius 2 is 0.792 bits per heavy atom. The van der Waals surface area contributed by atoms with Crippen LogP contribution in [0.1, 0.15) is 144 Å². The zero-order valence-electron chi connectivity index (χ0n) is 31.7. The van der Waals surface area contributed by atoms with Crippen LogP contribution in [0, 0.1) is 0 Å². The highest BCUT2D eigenvalue weighted by Crippen LogP contribution is 2.43. The van der Waals surface area contributed by atoms with Gasteiger partial charge in [0.2, 0.25) is 0 Å². The van der Waals surface area contributed by atoms with Crippen molar-refractivity contribution < 1.29 is 29.3 Å². The molecule has 2 aromatic rings. The highest BCUT2D eigenvalue weighted by Gasteiger charge is 2.28. The Labute approximate surface area is 299 Å². The second kappa shape index (κ2) is 17.6. The highest BCUT2D eigenvalue weighted by molar-refractivity contribution is 7.99. The van der Waals surface area contributed by atoms with E-state index in [1.807, 2.05) is 24.3 Å². The van der Waals surface area contributed by atoms with Crippen LogP contribution in [0.5, 0.6) is 11.5 Å². The average Bonchev–Trinajstić information content (AvgIpc) is 2.93. The normalized spacial score (nSPS) is 12.7. The van der Waals surface area contributed by atoms with Gasteiger partial charge in [-0.2, -0.15) is 0 Å². The Morgan fingerprint density at radius 1 is 0.521 bits per heavy atom. The van der Waals surface area contributed by atoms with Crippen LogP contribution in [0.15, 0.2) is 34.1 Å². The van der Waals surface area contributed by atoms with Crippen molar-refractivity contribution in [2.24, 2.45) is 0 Å². The molecule has 8 heteroatoms. The van der Waals surface area contributed by atoms with Crippen LogP contribution < -0.4 is 0 Å². The summed E-state index contributed by atoms with van der Waals surface area (Å²) in [6.45, 7) is 25.9. The summed E-state index contributed by atoms with van der Waals surface area (Å²) in [4.78, 5) is 26.7. The molecule has 0 atom stereocenters. The molecule has 0 spiro atoms. The fourth-order valence-electron chi connectivity index (χ4n) is 5.25. The van der Waals surface area contributed by atoms with Gasteiger partial charge in [0.15, 0.2) is 0 Å². The molecular weight excluding hydrogens is 641 g/mol. The molecule has 0 amide bonds. The largest absolute Gasteiger partial charge is 0.507 e. The van der Waals surface area contributed by atoms with E-state index in [9.17, 15) is 19.8 Å². The van der Waals surface area contributed by atoms with Gasteiger partial charge in [-0.15, -0.1) is 23.5 Å². The van der Waals surface area contributed by atoms with Gasteiger partial charge in [0.25, 0.3) is 0 Å². The standard InChI is InChI=1S/C40H62O6S2/c1-37(2,3)29-23-27(24-30(35(29)43)38(4,5)6)47-21-17-33(41)45-19-15-13-14-16-20-46-34(42)18-22-48-28-25-31(39(7,8)9)36(44)32(26-28)40(10,11)12/h23-26,43-44H,13-22H2,1-12H3. The average molecular weight is 703 g/mol. The third-order valence-electron chi connectivity index (χ3n) is 8.11. The van der Waals surface area contributed by atoms with E-state index in [2.05, 4.69) is 83.1 Å². The minimum Gasteiger partial charge on any atom is -0.507 e. The molecule has 2 rings (SSSR count). The van der Waals surface area contributed by atoms with Gasteiger partial charge < -0.3 is 19.7 Å². The van der Waals surface area contributed by atoms with Crippen molar-refractivity contribution in [3.05, 3.63) is 46.5 Å². The maximum atomic E-state index is 12.3. The van der Waals surface area contributed by atoms with Crippen LogP contribution in [-0.2, 0) is 40.7 Å². The topological polar surface area (TPSA) is 93.1 Å². The molecule has 48 heavy (non-hydrogen) atoms. The molecule has 0 radical (unpaired) electrons. The van der Waals surface area contributed by atoms with E-state index in [4.69, 9.17) is 9.47 Å². The third-order valence-corrected chi connectivity index (χ3v) is 10.1. The van der Waals surface area contributed by atoms with Gasteiger partial charge in [-0.25, -0.2) is 0 Å². The maximum absolute atomic E-state index is 12.3. The van der Waals surface area contributed by atoms with Gasteiger partial charge in [0, 0.05) is 43.6 Å². The SMILES string of the molecule is CC(C)(C)c1cc(SCCC(=O)OCCCCCCOC(=O)CCSc2cc(C(C)(C)C)c(O)c(C(C)(C)C)c2)cc(C(C)(C)C)c1O. The minimum absolute atomic E-state index is 0.191. The summed E-state index contributed by atoms with van der Waals surface area (Å²) in [6, 6.07) is 8.16. The molecule has 0 aromatic heterocycles. The quantitative estimate of drug-likeness (QED) is 0.108. The van der Waals surface area contributed by atoms with E-state index in [0.29, 0.717) is 49.1 Å². The number of aromatic hydroxyl groups is 2. The van der Waals surface area contributed by atoms with Gasteiger partial charge in [0.05, 0.1) is 26.1 Å². The monoisotopic (exact) mass is 702 g/mol. The molecule has 0 bridgehead atoms. The summed E-state index contributed by atoms with van der Waals surface area (Å²) in [7, 11) is 0. The van der Waals surface area contributed by atoms with E-state index in [1.165, 1.54) is 0 Å². The van der Waals surface area contributed by atoms with E-state index in [0.717, 1.165) is 57.7 Å². The molecule has 2 aromatic carbocycles. The summed E-state index contributed by atoms with van der Waals surface area (Å²) < 4.78 is 10.9. The molecule has 0 unspecified atom stereocenters. The van der Waals surface area contributed by atoms with Gasteiger partial charge in [-0.05, 0) is 71.6 Å². The Morgan fingerprint density at radius 3 is 1.04 bits per heavy atom. The molecule has 0 heterocycles. The molecule has 0 aliphatic carbocycles. The van der Waals surface area contributed by atoms with Crippen LogP contribution in [0.3, 0.4) is 0 Å². The molecule has 2 N–H and O–H groups in total. The van der Waals surface area contributed by atoms with Gasteiger partial charge in [-0.1, -0.05) is 83.1 Å². The molecular formula is C40H62O6S2. The van der Waals surface area contributed by atoms with Crippen molar-refractivity contribution in [3.8, 4) is 11.5 Å². The number of carbonyl (C=O) groups is 2. The molecule has 0 saturated heterocycles. The van der Waals surface area contributed by atoms with Crippen molar-refractivity contribution >= 4 is 35.5 Å². The number of hydrogen-bond acceptors (Lipinski definition) is 8. The highest BCUT2D eigenvalue weighted by atomic mass is 32.2. The maximum Gasteiger partial charge on any atom is 0.306 e. The lowest BCUT2D eigenvalue weighted by Gasteiger charge is -2.28. The van der Waals surface area contributed by atoms with Crippen LogP contribution in [-0.4, -0.2) is 46.9 Å². The Bertz CT molecular complexity index is 1190. The number of benzene rings is 2. The fourth-order valence-corrected chi connectivity index (χ4v) is 7.06. The Balaban J connectivity index is 1.65. The first-order chi connectivity index (χ1) is 22.0. The first kappa shape index (κ1) is 41.8. The molecule has 0 aliphatic rings. The summed E-state index contributed by atoms with van der Waals surface area (Å²) in [5.41, 5.74) is 2.92. The first-order valence-electron chi connectivity index (χ1n) is 17.3. The number of hydrogen-bond donors (Lipinski definition) is 2. The summed E-state index contributed by atoms with van der Waals surface area (Å²) in [5, 5.41) is 21.8. The van der Waals surface area contributed by atoms with Crippen LogP contribution >= 0.6 is 23.5 Å². The van der Waals surface area contributed by atoms with E-state index in [1.54, 1.807) is 23.5 Å². The lowest BCUT2D eigenvalue weighted by molar-refractivity contribution is -0.144. The number of carbonyl (C=O) groups excluding carboxylic acids is 2. The van der Waals surface area contributed by atoms with E-state index < -0.39 is 0 Å². The van der Waals surface area contributed by atoms with Gasteiger partial charge in [-0.3, -0.25) is 9.59 Å². The molecule has 0 saturated carbocycles. The van der Waals surface area contributed by atoms with Crippen LogP contribution in [0.2, 0.25) is 0 Å². The Kier molecular flexibility index (Phi) is 15.3. The van der Waals surface area contributed by atoms with Crippen molar-refractivity contribution in [3.63, 3.8) is 0 Å². The Hall–Kier alpha value is -2.32. The molecule has 0 fully saturated rings. The summed E-state index contributed by atoms with van der Waals surface area (Å²) in [6.07, 6.45) is 4.04. The van der Waals surface area contributed by atoms with Gasteiger partial charge >= 0.3 is 11.9 Å². The van der Waals surface area contributed by atoms with Crippen molar-refractivity contribution in [1.29, 1.82) is 0 Å². The third kappa shape index (κ3) is 13.5. The van der Waals surface area contributed by atoms with Crippen LogP contribution in [0.25, 0.3) is 0 Å². The number of esters is 2. The van der Waals surface area contributed by atoms with Crippen molar-refractivity contribution in [2.75, 3.05) is 24.7 Å². The summed E-state index contributed by atoms with van der Waals surface area (Å²) >= 11 is 3.23. The van der Waals surface area contributed by atoms with Crippen LogP contribution in [0.4, 0.5) is 0 Å². The molecule has 270 valence electrons. The van der Waals surface area contributed by atoms with Gasteiger partial charge in [0.1, 0.15) is 11.5 Å². The number of thioether (sulfide) groups is 2. The second-order valence-electron chi connectivity index (χ2n) is 16.8. The number of phenolic OH excluding ortho intramolecular Hbond substituents is 2. The van der Waals surface area contributed by atoms with E-state index >= 15 is 0 Å². The molecule has 6 nitrogen and oxygen atoms in total. The van der Waals surface area contributed by atoms with E-state index in [-0.39, 0.29) is 33.6 Å². The molecule has 0 aliphatic heterocycles. The van der Waals surface area contributed by atoms with Crippen molar-refractivity contribution in [1.82, 2.24) is 0 Å². The number of ether oxygens (including phenoxy) is 2.